The second kappa shape index (κ2) is 9.01. The Morgan fingerprint density at radius 1 is 1.25 bits per heavy atom. The highest BCUT2D eigenvalue weighted by Crippen LogP contribution is 2.19. The Bertz CT molecular complexity index is 828. The van der Waals surface area contributed by atoms with Crippen LogP contribution in [0.25, 0.3) is 0 Å². The highest BCUT2D eigenvalue weighted by atomic mass is 16.2. The first-order valence-corrected chi connectivity index (χ1v) is 9.85. The van der Waals surface area contributed by atoms with E-state index in [1.807, 2.05) is 48.9 Å². The summed E-state index contributed by atoms with van der Waals surface area (Å²) in [6.45, 7) is 6.74. The van der Waals surface area contributed by atoms with Crippen molar-refractivity contribution in [1.29, 1.82) is 0 Å². The minimum absolute atomic E-state index is 0.0109. The number of carbonyl (C=O) groups excluding carboxylic acids is 2. The number of aryl methyl sites for hydroxylation is 2. The number of aromatic nitrogens is 2. The van der Waals surface area contributed by atoms with Crippen molar-refractivity contribution in [3.05, 3.63) is 52.8 Å². The van der Waals surface area contributed by atoms with E-state index in [4.69, 9.17) is 5.73 Å². The predicted molar refractivity (Wildman–Crippen MR) is 108 cm³/mol. The number of likely N-dealkylation sites (tertiary alicyclic amines) is 1. The van der Waals surface area contributed by atoms with Gasteiger partial charge in [0.05, 0.1) is 18.2 Å². The summed E-state index contributed by atoms with van der Waals surface area (Å²) in [5.74, 6) is -0.188. The van der Waals surface area contributed by atoms with Crippen molar-refractivity contribution in [2.45, 2.75) is 33.2 Å². The lowest BCUT2D eigenvalue weighted by Gasteiger charge is -2.32. The van der Waals surface area contributed by atoms with E-state index in [9.17, 15) is 9.59 Å². The summed E-state index contributed by atoms with van der Waals surface area (Å²) >= 11 is 0. The molecule has 1 aliphatic rings. The van der Waals surface area contributed by atoms with Crippen molar-refractivity contribution in [1.82, 2.24) is 20.0 Å². The number of hydrogen-bond donors (Lipinski definition) is 2. The van der Waals surface area contributed by atoms with Crippen molar-refractivity contribution in [3.8, 4) is 0 Å². The molecule has 7 nitrogen and oxygen atoms in total. The van der Waals surface area contributed by atoms with Crippen LogP contribution in [0, 0.1) is 19.8 Å². The van der Waals surface area contributed by atoms with E-state index in [2.05, 4.69) is 10.4 Å². The average Bonchev–Trinajstić information content (AvgIpc) is 3.03. The van der Waals surface area contributed by atoms with Gasteiger partial charge in [0.2, 0.25) is 5.91 Å². The third kappa shape index (κ3) is 4.78. The molecule has 0 spiro atoms. The number of carbonyl (C=O) groups is 2. The van der Waals surface area contributed by atoms with Crippen LogP contribution in [0.4, 0.5) is 0 Å². The summed E-state index contributed by atoms with van der Waals surface area (Å²) in [5.41, 5.74) is 9.31. The number of nitrogens with two attached hydrogens (primary N) is 1. The smallest absolute Gasteiger partial charge is 0.253 e. The van der Waals surface area contributed by atoms with Crippen LogP contribution in [-0.4, -0.2) is 52.7 Å². The molecule has 0 aliphatic carbocycles. The van der Waals surface area contributed by atoms with Gasteiger partial charge >= 0.3 is 0 Å². The quantitative estimate of drug-likeness (QED) is 0.790. The van der Waals surface area contributed by atoms with Crippen LogP contribution in [0.1, 0.15) is 40.2 Å². The predicted octanol–water partition coefficient (Wildman–Crippen LogP) is 1.48. The normalized spacial score (nSPS) is 16.8. The minimum Gasteiger partial charge on any atom is -0.355 e. The summed E-state index contributed by atoms with van der Waals surface area (Å²) in [6.07, 6.45) is 1.64. The zero-order valence-corrected chi connectivity index (χ0v) is 16.6. The van der Waals surface area contributed by atoms with Crippen molar-refractivity contribution < 1.29 is 9.59 Å². The SMILES string of the molecule is Cc1cc(C)n(Cc2ccc(C(=O)N3CCCC(C(=O)NCCN)C3)cc2)n1. The molecule has 150 valence electrons. The molecular weight excluding hydrogens is 354 g/mol. The Hall–Kier alpha value is -2.67. The zero-order chi connectivity index (χ0) is 20.1. The molecule has 1 saturated heterocycles. The van der Waals surface area contributed by atoms with E-state index >= 15 is 0 Å². The summed E-state index contributed by atoms with van der Waals surface area (Å²) in [5, 5.41) is 7.31. The molecule has 1 aliphatic heterocycles. The van der Waals surface area contributed by atoms with Crippen molar-refractivity contribution in [3.63, 3.8) is 0 Å². The van der Waals surface area contributed by atoms with Gasteiger partial charge in [0.15, 0.2) is 0 Å². The molecule has 1 fully saturated rings. The molecule has 28 heavy (non-hydrogen) atoms. The van der Waals surface area contributed by atoms with Gasteiger partial charge in [0.25, 0.3) is 5.91 Å². The van der Waals surface area contributed by atoms with Crippen LogP contribution >= 0.6 is 0 Å². The Labute approximate surface area is 165 Å². The number of rotatable bonds is 6. The largest absolute Gasteiger partial charge is 0.355 e. The van der Waals surface area contributed by atoms with Crippen LogP contribution in [0.15, 0.2) is 30.3 Å². The van der Waals surface area contributed by atoms with Gasteiger partial charge in [-0.25, -0.2) is 0 Å². The fraction of sp³-hybridized carbons (Fsp3) is 0.476. The van der Waals surface area contributed by atoms with E-state index in [1.54, 1.807) is 4.90 Å². The molecule has 2 amide bonds. The van der Waals surface area contributed by atoms with E-state index in [-0.39, 0.29) is 17.7 Å². The van der Waals surface area contributed by atoms with E-state index < -0.39 is 0 Å². The zero-order valence-electron chi connectivity index (χ0n) is 16.6. The maximum atomic E-state index is 12.9. The number of piperidine rings is 1. The number of amides is 2. The Morgan fingerprint density at radius 2 is 2.00 bits per heavy atom. The molecule has 1 aromatic carbocycles. The highest BCUT2D eigenvalue weighted by Gasteiger charge is 2.28. The summed E-state index contributed by atoms with van der Waals surface area (Å²) < 4.78 is 1.96. The monoisotopic (exact) mass is 383 g/mol. The van der Waals surface area contributed by atoms with Gasteiger partial charge in [-0.05, 0) is 50.5 Å². The molecule has 0 saturated carbocycles. The van der Waals surface area contributed by atoms with Crippen molar-refractivity contribution >= 4 is 11.8 Å². The molecule has 1 atom stereocenters. The van der Waals surface area contributed by atoms with Gasteiger partial charge in [-0.1, -0.05) is 12.1 Å². The second-order valence-corrected chi connectivity index (χ2v) is 7.45. The van der Waals surface area contributed by atoms with Gasteiger partial charge in [0, 0.05) is 37.4 Å². The van der Waals surface area contributed by atoms with Crippen LogP contribution in [0.2, 0.25) is 0 Å². The lowest BCUT2D eigenvalue weighted by Crippen LogP contribution is -2.46. The first-order chi connectivity index (χ1) is 13.5. The van der Waals surface area contributed by atoms with Gasteiger partial charge in [-0.3, -0.25) is 14.3 Å². The molecule has 2 heterocycles. The third-order valence-electron chi connectivity index (χ3n) is 5.16. The fourth-order valence-electron chi connectivity index (χ4n) is 3.66. The van der Waals surface area contributed by atoms with Crippen LogP contribution in [-0.2, 0) is 11.3 Å². The standard InChI is InChI=1S/C21H29N5O2/c1-15-12-16(2)26(24-15)13-17-5-7-18(8-6-17)21(28)25-11-3-4-19(14-25)20(27)23-10-9-22/h5-8,12,19H,3-4,9-11,13-14,22H2,1-2H3,(H,23,27). The van der Waals surface area contributed by atoms with E-state index in [0.717, 1.165) is 29.8 Å². The molecule has 3 rings (SSSR count). The van der Waals surface area contributed by atoms with Gasteiger partial charge < -0.3 is 16.0 Å². The Balaban J connectivity index is 1.62. The number of hydrogen-bond acceptors (Lipinski definition) is 4. The highest BCUT2D eigenvalue weighted by molar-refractivity contribution is 5.94. The van der Waals surface area contributed by atoms with Gasteiger partial charge in [-0.15, -0.1) is 0 Å². The van der Waals surface area contributed by atoms with Gasteiger partial charge in [0.1, 0.15) is 0 Å². The van der Waals surface area contributed by atoms with Crippen LogP contribution in [0.5, 0.6) is 0 Å². The number of benzene rings is 1. The lowest BCUT2D eigenvalue weighted by molar-refractivity contribution is -0.126. The third-order valence-corrected chi connectivity index (χ3v) is 5.16. The van der Waals surface area contributed by atoms with Crippen LogP contribution < -0.4 is 11.1 Å². The molecule has 0 bridgehead atoms. The van der Waals surface area contributed by atoms with E-state index in [0.29, 0.717) is 38.3 Å². The van der Waals surface area contributed by atoms with Crippen molar-refractivity contribution in [2.75, 3.05) is 26.2 Å². The molecular formula is C21H29N5O2. The Kier molecular flexibility index (Phi) is 6.46. The average molecular weight is 383 g/mol. The summed E-state index contributed by atoms with van der Waals surface area (Å²) in [6, 6.07) is 9.72. The molecule has 2 aromatic rings. The lowest BCUT2D eigenvalue weighted by atomic mass is 9.96. The van der Waals surface area contributed by atoms with Crippen molar-refractivity contribution in [2.24, 2.45) is 11.7 Å². The molecule has 1 unspecified atom stereocenters. The number of nitrogens with zero attached hydrogens (tertiary/aromatic N) is 3. The maximum absolute atomic E-state index is 12.9. The maximum Gasteiger partial charge on any atom is 0.253 e. The topological polar surface area (TPSA) is 93.2 Å². The summed E-state index contributed by atoms with van der Waals surface area (Å²) in [4.78, 5) is 26.8. The van der Waals surface area contributed by atoms with Gasteiger partial charge in [-0.2, -0.15) is 5.10 Å². The first-order valence-electron chi connectivity index (χ1n) is 9.85. The molecule has 1 aromatic heterocycles. The minimum atomic E-state index is -0.158. The molecule has 7 heteroatoms. The first kappa shape index (κ1) is 20.1. The number of nitrogens with one attached hydrogen (secondary N) is 1. The van der Waals surface area contributed by atoms with Crippen LogP contribution in [0.3, 0.4) is 0 Å². The molecule has 0 radical (unpaired) electrons. The Morgan fingerprint density at radius 3 is 2.64 bits per heavy atom. The van der Waals surface area contributed by atoms with E-state index in [1.165, 1.54) is 0 Å². The summed E-state index contributed by atoms with van der Waals surface area (Å²) in [7, 11) is 0. The second-order valence-electron chi connectivity index (χ2n) is 7.45. The fourth-order valence-corrected chi connectivity index (χ4v) is 3.66. The molecule has 3 N–H and O–H groups in total.